The van der Waals surface area contributed by atoms with Gasteiger partial charge in [0.25, 0.3) is 5.91 Å². The second-order valence-corrected chi connectivity index (χ2v) is 15.9. The highest BCUT2D eigenvalue weighted by Gasteiger charge is 2.48. The largest absolute Gasteiger partial charge is 0.376 e. The maximum absolute atomic E-state index is 13.9. The summed E-state index contributed by atoms with van der Waals surface area (Å²) >= 11 is 8.52. The number of carbonyl (C=O) groups is 1. The molecular formula is C49H48ClNO5S. The lowest BCUT2D eigenvalue weighted by molar-refractivity contribution is -0.160. The SMILES string of the molecule is CCc1ccc(NC(=O)c2cc([C@@H]3S[C@H](COCc4ccccc4)[C@@H](OCc4ccccc4)[C@H](OCc4ccccc4)[C@H]3OCc3ccccc3)ccc2Cl)cc1. The second-order valence-electron chi connectivity index (χ2n) is 14.1. The number of benzene rings is 6. The molecule has 5 atom stereocenters. The van der Waals surface area contributed by atoms with Crippen molar-refractivity contribution in [1.29, 1.82) is 0 Å². The minimum absolute atomic E-state index is 0.162. The van der Waals surface area contributed by atoms with E-state index in [1.54, 1.807) is 17.8 Å². The average Bonchev–Trinajstić information content (AvgIpc) is 3.26. The minimum Gasteiger partial charge on any atom is -0.376 e. The number of nitrogens with one attached hydrogen (secondary N) is 1. The Morgan fingerprint density at radius 3 is 1.60 bits per heavy atom. The second kappa shape index (κ2) is 20.6. The van der Waals surface area contributed by atoms with Gasteiger partial charge in [0.05, 0.1) is 54.1 Å². The first kappa shape index (κ1) is 40.5. The summed E-state index contributed by atoms with van der Waals surface area (Å²) in [5, 5.41) is 2.98. The van der Waals surface area contributed by atoms with Gasteiger partial charge in [-0.05, 0) is 64.1 Å². The van der Waals surface area contributed by atoms with Crippen molar-refractivity contribution in [1.82, 2.24) is 0 Å². The van der Waals surface area contributed by atoms with Crippen molar-refractivity contribution >= 4 is 35.0 Å². The molecule has 0 radical (unpaired) electrons. The third kappa shape index (κ3) is 11.2. The molecule has 292 valence electrons. The number of hydrogen-bond acceptors (Lipinski definition) is 6. The van der Waals surface area contributed by atoms with E-state index in [1.807, 2.05) is 109 Å². The molecule has 7 rings (SSSR count). The Morgan fingerprint density at radius 2 is 1.07 bits per heavy atom. The molecule has 6 aromatic carbocycles. The first-order valence-corrected chi connectivity index (χ1v) is 20.8. The van der Waals surface area contributed by atoms with E-state index in [2.05, 4.69) is 60.8 Å². The summed E-state index contributed by atoms with van der Waals surface area (Å²) in [4.78, 5) is 13.9. The van der Waals surface area contributed by atoms with Crippen LogP contribution in [0.2, 0.25) is 5.02 Å². The van der Waals surface area contributed by atoms with Crippen LogP contribution in [0.1, 0.15) is 55.9 Å². The Morgan fingerprint density at radius 1 is 0.579 bits per heavy atom. The first-order chi connectivity index (χ1) is 28.0. The Kier molecular flexibility index (Phi) is 14.6. The first-order valence-electron chi connectivity index (χ1n) is 19.5. The molecule has 0 spiro atoms. The van der Waals surface area contributed by atoms with Crippen LogP contribution in [0.15, 0.2) is 164 Å². The molecule has 0 bridgehead atoms. The number of anilines is 1. The average molecular weight is 798 g/mol. The third-order valence-electron chi connectivity index (χ3n) is 10.1. The van der Waals surface area contributed by atoms with Crippen molar-refractivity contribution in [2.45, 2.75) is 68.6 Å². The molecule has 1 heterocycles. The molecule has 1 N–H and O–H groups in total. The van der Waals surface area contributed by atoms with Crippen LogP contribution < -0.4 is 5.32 Å². The molecule has 8 heteroatoms. The van der Waals surface area contributed by atoms with Gasteiger partial charge in [0.2, 0.25) is 0 Å². The van der Waals surface area contributed by atoms with Crippen LogP contribution in [-0.2, 0) is 51.8 Å². The van der Waals surface area contributed by atoms with E-state index in [-0.39, 0.29) is 16.4 Å². The standard InChI is InChI=1S/C49H48ClNO5S/c1-2-35-23-26-41(27-24-35)51-49(52)42-29-40(25-28-43(42)50)48-47(56-33-39-21-13-6-14-22-39)46(55-32-38-19-11-5-12-20-38)45(54-31-37-17-9-4-10-18-37)44(57-48)34-53-30-36-15-7-3-8-16-36/h3-29,44-48H,2,30-34H2,1H3,(H,51,52)/t44-,45-,46+,47-,48+/m1/s1. The van der Waals surface area contributed by atoms with Gasteiger partial charge in [-0.1, -0.05) is 158 Å². The van der Waals surface area contributed by atoms with Crippen molar-refractivity contribution in [3.8, 4) is 0 Å². The minimum atomic E-state index is -0.515. The molecule has 6 nitrogen and oxygen atoms in total. The van der Waals surface area contributed by atoms with Crippen LogP contribution in [0.5, 0.6) is 0 Å². The normalized spacial score (nSPS) is 19.2. The summed E-state index contributed by atoms with van der Waals surface area (Å²) in [6, 6.07) is 54.3. The fourth-order valence-electron chi connectivity index (χ4n) is 6.97. The molecule has 1 amide bonds. The monoisotopic (exact) mass is 797 g/mol. The summed E-state index contributed by atoms with van der Waals surface area (Å²) in [7, 11) is 0. The van der Waals surface area contributed by atoms with Gasteiger partial charge in [-0.3, -0.25) is 4.79 Å². The zero-order valence-electron chi connectivity index (χ0n) is 32.0. The molecule has 1 aliphatic heterocycles. The molecule has 0 saturated carbocycles. The fraction of sp³-hybridized carbons (Fsp3) is 0.245. The Hall–Kier alpha value is -4.73. The molecule has 57 heavy (non-hydrogen) atoms. The summed E-state index contributed by atoms with van der Waals surface area (Å²) in [5.41, 5.74) is 7.44. The molecular weight excluding hydrogens is 750 g/mol. The van der Waals surface area contributed by atoms with Gasteiger partial charge in [0.1, 0.15) is 18.3 Å². The molecule has 6 aromatic rings. The molecule has 1 fully saturated rings. The Labute approximate surface area is 345 Å². The van der Waals surface area contributed by atoms with E-state index in [4.69, 9.17) is 30.5 Å². The van der Waals surface area contributed by atoms with Gasteiger partial charge < -0.3 is 24.3 Å². The van der Waals surface area contributed by atoms with Gasteiger partial charge >= 0.3 is 0 Å². The van der Waals surface area contributed by atoms with Gasteiger partial charge in [-0.25, -0.2) is 0 Å². The van der Waals surface area contributed by atoms with Crippen molar-refractivity contribution in [3.63, 3.8) is 0 Å². The Bertz CT molecular complexity index is 2120. The van der Waals surface area contributed by atoms with Crippen molar-refractivity contribution in [2.75, 3.05) is 11.9 Å². The zero-order valence-corrected chi connectivity index (χ0v) is 33.6. The Balaban J connectivity index is 1.25. The van der Waals surface area contributed by atoms with Gasteiger partial charge in [0.15, 0.2) is 0 Å². The van der Waals surface area contributed by atoms with Crippen molar-refractivity contribution < 1.29 is 23.7 Å². The topological polar surface area (TPSA) is 66.0 Å². The summed E-state index contributed by atoms with van der Waals surface area (Å²) in [6.07, 6.45) is -0.489. The lowest BCUT2D eigenvalue weighted by Gasteiger charge is -2.46. The van der Waals surface area contributed by atoms with Crippen LogP contribution in [0, 0.1) is 0 Å². The van der Waals surface area contributed by atoms with E-state index in [9.17, 15) is 4.79 Å². The number of amides is 1. The molecule has 0 unspecified atom stereocenters. The molecule has 1 saturated heterocycles. The van der Waals surface area contributed by atoms with Crippen molar-refractivity contribution in [2.24, 2.45) is 0 Å². The van der Waals surface area contributed by atoms with Crippen LogP contribution in [0.25, 0.3) is 0 Å². The maximum Gasteiger partial charge on any atom is 0.257 e. The number of halogens is 1. The number of aryl methyl sites for hydroxylation is 1. The number of carbonyl (C=O) groups excluding carboxylic acids is 1. The lowest BCUT2D eigenvalue weighted by Crippen LogP contribution is -2.54. The lowest BCUT2D eigenvalue weighted by atomic mass is 9.95. The predicted molar refractivity (Wildman–Crippen MR) is 231 cm³/mol. The van der Waals surface area contributed by atoms with E-state index in [0.717, 1.165) is 34.2 Å². The highest BCUT2D eigenvalue weighted by Crippen LogP contribution is 2.48. The van der Waals surface area contributed by atoms with Crippen molar-refractivity contribution in [3.05, 3.63) is 208 Å². The van der Waals surface area contributed by atoms with E-state index in [0.29, 0.717) is 49.3 Å². The van der Waals surface area contributed by atoms with Crippen LogP contribution in [-0.4, -0.2) is 36.1 Å². The molecule has 0 aliphatic carbocycles. The quantitative estimate of drug-likeness (QED) is 0.0991. The number of thioether (sulfide) groups is 1. The van der Waals surface area contributed by atoms with E-state index in [1.165, 1.54) is 5.56 Å². The summed E-state index contributed by atoms with van der Waals surface area (Å²) in [5.74, 6) is -0.280. The van der Waals surface area contributed by atoms with E-state index < -0.39 is 18.3 Å². The molecule has 0 aromatic heterocycles. The zero-order chi connectivity index (χ0) is 39.2. The predicted octanol–water partition coefficient (Wildman–Crippen LogP) is 11.3. The maximum atomic E-state index is 13.9. The van der Waals surface area contributed by atoms with Crippen LogP contribution in [0.4, 0.5) is 5.69 Å². The number of ether oxygens (including phenoxy) is 4. The van der Waals surface area contributed by atoms with E-state index >= 15 is 0 Å². The summed E-state index contributed by atoms with van der Waals surface area (Å²) in [6.45, 7) is 4.09. The van der Waals surface area contributed by atoms with Gasteiger partial charge in [0, 0.05) is 5.69 Å². The van der Waals surface area contributed by atoms with Crippen LogP contribution in [0.3, 0.4) is 0 Å². The van der Waals surface area contributed by atoms with Gasteiger partial charge in [-0.15, -0.1) is 11.8 Å². The highest BCUT2D eigenvalue weighted by molar-refractivity contribution is 8.00. The third-order valence-corrected chi connectivity index (χ3v) is 12.0. The highest BCUT2D eigenvalue weighted by atomic mass is 35.5. The summed E-state index contributed by atoms with van der Waals surface area (Å²) < 4.78 is 27.4. The van der Waals surface area contributed by atoms with Crippen LogP contribution >= 0.6 is 23.4 Å². The molecule has 1 aliphatic rings. The number of rotatable bonds is 17. The smallest absolute Gasteiger partial charge is 0.257 e. The van der Waals surface area contributed by atoms with Gasteiger partial charge in [-0.2, -0.15) is 0 Å². The number of hydrogen-bond donors (Lipinski definition) is 1. The fourth-order valence-corrected chi connectivity index (χ4v) is 8.81.